The van der Waals surface area contributed by atoms with Crippen LogP contribution < -0.4 is 5.32 Å². The summed E-state index contributed by atoms with van der Waals surface area (Å²) < 4.78 is 30.4. The van der Waals surface area contributed by atoms with Crippen LogP contribution in [0, 0.1) is 11.3 Å². The van der Waals surface area contributed by atoms with Gasteiger partial charge in [-0.3, -0.25) is 14.5 Å². The van der Waals surface area contributed by atoms with Crippen LogP contribution in [0.4, 0.5) is 13.6 Å². The summed E-state index contributed by atoms with van der Waals surface area (Å²) >= 11 is 0. The van der Waals surface area contributed by atoms with Gasteiger partial charge in [0.25, 0.3) is 12.3 Å². The highest BCUT2D eigenvalue weighted by molar-refractivity contribution is 6.09. The Balaban J connectivity index is 2.04. The van der Waals surface area contributed by atoms with E-state index in [1.807, 2.05) is 0 Å². The monoisotopic (exact) mass is 417 g/mol. The Morgan fingerprint density at radius 3 is 2.48 bits per heavy atom. The topological polar surface area (TPSA) is 79.0 Å². The molecule has 0 aromatic rings. The normalized spacial score (nSPS) is 25.1. The van der Waals surface area contributed by atoms with E-state index in [2.05, 4.69) is 26.1 Å². The van der Waals surface area contributed by atoms with Crippen LogP contribution >= 0.6 is 0 Å². The van der Waals surface area contributed by atoms with E-state index in [1.54, 1.807) is 0 Å². The lowest BCUT2D eigenvalue weighted by Gasteiger charge is -2.42. The Hall–Kier alpha value is -1.77. The van der Waals surface area contributed by atoms with Crippen molar-refractivity contribution in [3.8, 4) is 0 Å². The first-order chi connectivity index (χ1) is 13.6. The standard InChI is InChI=1S/C20H33F2N3O4/c1-5-19(2,3)14-6-8-20(9-7-14)17(27)25(18(28)23-20)13-16(26)24(10-11-29-4)12-15(21)22/h14-15H,5-13H2,1-4H3,(H,23,28). The molecule has 0 aromatic heterocycles. The van der Waals surface area contributed by atoms with Crippen LogP contribution in [0.3, 0.4) is 0 Å². The van der Waals surface area contributed by atoms with Crippen molar-refractivity contribution >= 4 is 17.8 Å². The van der Waals surface area contributed by atoms with Crippen LogP contribution in [0.15, 0.2) is 0 Å². The van der Waals surface area contributed by atoms with E-state index < -0.39 is 42.9 Å². The second-order valence-corrected chi connectivity index (χ2v) is 8.74. The molecule has 1 N–H and O–H groups in total. The van der Waals surface area contributed by atoms with Crippen molar-refractivity contribution in [2.75, 3.05) is 33.4 Å². The highest BCUT2D eigenvalue weighted by atomic mass is 19.3. The Kier molecular flexibility index (Phi) is 7.59. The fourth-order valence-corrected chi connectivity index (χ4v) is 4.26. The first kappa shape index (κ1) is 23.5. The minimum absolute atomic E-state index is 0.0255. The largest absolute Gasteiger partial charge is 0.383 e. The summed E-state index contributed by atoms with van der Waals surface area (Å²) in [4.78, 5) is 39.7. The van der Waals surface area contributed by atoms with Crippen molar-refractivity contribution in [1.82, 2.24) is 15.1 Å². The third kappa shape index (κ3) is 5.24. The summed E-state index contributed by atoms with van der Waals surface area (Å²) in [5, 5.41) is 2.78. The third-order valence-electron chi connectivity index (χ3n) is 6.67. The zero-order chi connectivity index (χ0) is 21.8. The van der Waals surface area contributed by atoms with Crippen LogP contribution in [-0.2, 0) is 14.3 Å². The van der Waals surface area contributed by atoms with Gasteiger partial charge < -0.3 is 15.0 Å². The van der Waals surface area contributed by atoms with Crippen molar-refractivity contribution in [2.24, 2.45) is 11.3 Å². The number of rotatable bonds is 9. The number of amides is 4. The highest BCUT2D eigenvalue weighted by Crippen LogP contribution is 2.45. The molecule has 0 unspecified atom stereocenters. The fraction of sp³-hybridized carbons (Fsp3) is 0.850. The van der Waals surface area contributed by atoms with Gasteiger partial charge in [0.05, 0.1) is 13.2 Å². The van der Waals surface area contributed by atoms with Crippen LogP contribution in [0.1, 0.15) is 52.9 Å². The van der Waals surface area contributed by atoms with Gasteiger partial charge in [0.1, 0.15) is 12.1 Å². The van der Waals surface area contributed by atoms with Gasteiger partial charge in [-0.15, -0.1) is 0 Å². The van der Waals surface area contributed by atoms with Crippen LogP contribution in [0.5, 0.6) is 0 Å². The molecule has 2 fully saturated rings. The summed E-state index contributed by atoms with van der Waals surface area (Å²) in [6.07, 6.45) is 1.02. The van der Waals surface area contributed by atoms with Gasteiger partial charge in [0, 0.05) is 13.7 Å². The summed E-state index contributed by atoms with van der Waals surface area (Å²) in [7, 11) is 1.41. The second kappa shape index (κ2) is 9.36. The van der Waals surface area contributed by atoms with Crippen molar-refractivity contribution in [3.63, 3.8) is 0 Å². The van der Waals surface area contributed by atoms with E-state index >= 15 is 0 Å². The Labute approximate surface area is 171 Å². The maximum absolute atomic E-state index is 13.0. The molecular formula is C20H33F2N3O4. The number of carbonyl (C=O) groups excluding carboxylic acids is 3. The lowest BCUT2D eigenvalue weighted by Crippen LogP contribution is -2.51. The van der Waals surface area contributed by atoms with E-state index in [4.69, 9.17) is 4.74 Å². The predicted molar refractivity (Wildman–Crippen MR) is 103 cm³/mol. The predicted octanol–water partition coefficient (Wildman–Crippen LogP) is 2.64. The summed E-state index contributed by atoms with van der Waals surface area (Å²) in [6, 6.07) is -0.625. The lowest BCUT2D eigenvalue weighted by molar-refractivity contribution is -0.141. The molecule has 0 aromatic carbocycles. The zero-order valence-corrected chi connectivity index (χ0v) is 17.8. The van der Waals surface area contributed by atoms with E-state index in [9.17, 15) is 23.2 Å². The minimum atomic E-state index is -2.71. The van der Waals surface area contributed by atoms with Crippen molar-refractivity contribution in [3.05, 3.63) is 0 Å². The number of urea groups is 1. The van der Waals surface area contributed by atoms with Gasteiger partial charge in [-0.2, -0.15) is 0 Å². The smallest absolute Gasteiger partial charge is 0.325 e. The molecule has 2 rings (SSSR count). The Bertz CT molecular complexity index is 619. The van der Waals surface area contributed by atoms with Gasteiger partial charge in [0.2, 0.25) is 5.91 Å². The van der Waals surface area contributed by atoms with E-state index in [0.717, 1.165) is 29.1 Å². The zero-order valence-electron chi connectivity index (χ0n) is 17.8. The number of hydrogen-bond donors (Lipinski definition) is 1. The number of nitrogens with one attached hydrogen (secondary N) is 1. The first-order valence-corrected chi connectivity index (χ1v) is 10.2. The van der Waals surface area contributed by atoms with Crippen LogP contribution in [0.2, 0.25) is 0 Å². The van der Waals surface area contributed by atoms with E-state index in [-0.39, 0.29) is 18.6 Å². The molecule has 29 heavy (non-hydrogen) atoms. The molecule has 1 saturated carbocycles. The molecule has 4 amide bonds. The Morgan fingerprint density at radius 2 is 1.97 bits per heavy atom. The van der Waals surface area contributed by atoms with Gasteiger partial charge >= 0.3 is 6.03 Å². The molecular weight excluding hydrogens is 384 g/mol. The molecule has 166 valence electrons. The molecule has 2 aliphatic rings. The first-order valence-electron chi connectivity index (χ1n) is 10.2. The van der Waals surface area contributed by atoms with Crippen molar-refractivity contribution in [2.45, 2.75) is 64.8 Å². The number of nitrogens with zero attached hydrogens (tertiary/aromatic N) is 2. The Morgan fingerprint density at radius 1 is 1.34 bits per heavy atom. The van der Waals surface area contributed by atoms with Crippen LogP contribution in [-0.4, -0.2) is 73.0 Å². The van der Waals surface area contributed by atoms with Gasteiger partial charge in [-0.05, 0) is 37.0 Å². The van der Waals surface area contributed by atoms with E-state index in [0.29, 0.717) is 18.8 Å². The molecule has 1 saturated heterocycles. The highest BCUT2D eigenvalue weighted by Gasteiger charge is 2.53. The van der Waals surface area contributed by atoms with Crippen molar-refractivity contribution in [1.29, 1.82) is 0 Å². The summed E-state index contributed by atoms with van der Waals surface area (Å²) in [6.45, 7) is 5.35. The average molecular weight is 417 g/mol. The summed E-state index contributed by atoms with van der Waals surface area (Å²) in [5.74, 6) is -0.648. The SMILES string of the molecule is CCC(C)(C)C1CCC2(CC1)NC(=O)N(CC(=O)N(CCOC)CC(F)F)C2=O. The maximum Gasteiger partial charge on any atom is 0.325 e. The summed E-state index contributed by atoms with van der Waals surface area (Å²) in [5.41, 5.74) is -0.808. The van der Waals surface area contributed by atoms with Crippen LogP contribution in [0.25, 0.3) is 0 Å². The molecule has 0 radical (unpaired) electrons. The fourth-order valence-electron chi connectivity index (χ4n) is 4.26. The van der Waals surface area contributed by atoms with E-state index in [1.165, 1.54) is 7.11 Å². The second-order valence-electron chi connectivity index (χ2n) is 8.74. The minimum Gasteiger partial charge on any atom is -0.383 e. The number of methoxy groups -OCH3 is 1. The number of carbonyl (C=O) groups is 3. The lowest BCUT2D eigenvalue weighted by atomic mass is 9.65. The third-order valence-corrected chi connectivity index (χ3v) is 6.67. The number of hydrogen-bond acceptors (Lipinski definition) is 4. The van der Waals surface area contributed by atoms with Gasteiger partial charge in [-0.1, -0.05) is 27.2 Å². The molecule has 0 bridgehead atoms. The number of ether oxygens (including phenoxy) is 1. The van der Waals surface area contributed by atoms with Gasteiger partial charge in [-0.25, -0.2) is 13.6 Å². The molecule has 9 heteroatoms. The number of halogens is 2. The van der Waals surface area contributed by atoms with Crippen molar-refractivity contribution < 1.29 is 27.9 Å². The number of imide groups is 1. The molecule has 1 aliphatic heterocycles. The number of alkyl halides is 2. The average Bonchev–Trinajstić information content (AvgIpc) is 2.89. The molecule has 1 aliphatic carbocycles. The van der Waals surface area contributed by atoms with Gasteiger partial charge in [0.15, 0.2) is 0 Å². The quantitative estimate of drug-likeness (QED) is 0.585. The molecule has 1 spiro atoms. The molecule has 7 nitrogen and oxygen atoms in total. The maximum atomic E-state index is 13.0. The molecule has 1 heterocycles. The molecule has 0 atom stereocenters.